The van der Waals surface area contributed by atoms with E-state index >= 15 is 0 Å². The first-order valence-corrected chi connectivity index (χ1v) is 10.9. The maximum absolute atomic E-state index is 4.45. The molecule has 0 unspecified atom stereocenters. The molecule has 6 aromatic rings. The summed E-state index contributed by atoms with van der Waals surface area (Å²) in [6.07, 6.45) is 3.70. The summed E-state index contributed by atoms with van der Waals surface area (Å²) in [6.45, 7) is 0. The van der Waals surface area contributed by atoms with Crippen LogP contribution in [0.3, 0.4) is 0 Å². The summed E-state index contributed by atoms with van der Waals surface area (Å²) >= 11 is 1.67. The summed E-state index contributed by atoms with van der Waals surface area (Å²) in [5.41, 5.74) is 3.07. The van der Waals surface area contributed by atoms with Gasteiger partial charge in [0, 0.05) is 52.6 Å². The van der Waals surface area contributed by atoms with Crippen molar-refractivity contribution in [2.45, 2.75) is 0 Å². The standard InChI is InChI=1S/C15H10N.C13H8NS.2Ir/c1-2-7-13(8-3-1)15-14-9-5-4-6-12(14)10-11-16-15;1-2-5-11-10(4-1)7-8-14-13(11)12-6-3-9-15-12;;/h1-7,9-11H;1-5,7-9H;;/q2*-1;;. The van der Waals surface area contributed by atoms with E-state index in [0.29, 0.717) is 0 Å². The Labute approximate surface area is 224 Å². The zero-order valence-electron chi connectivity index (χ0n) is 17.4. The predicted octanol–water partition coefficient (Wildman–Crippen LogP) is 7.46. The van der Waals surface area contributed by atoms with Gasteiger partial charge < -0.3 is 9.97 Å². The average molecular weight is 799 g/mol. The Kier molecular flexibility index (Phi) is 9.19. The molecule has 0 aliphatic carbocycles. The van der Waals surface area contributed by atoms with E-state index in [0.717, 1.165) is 21.8 Å². The number of rotatable bonds is 2. The Morgan fingerprint density at radius 1 is 0.576 bits per heavy atom. The minimum absolute atomic E-state index is 0. The van der Waals surface area contributed by atoms with Gasteiger partial charge in [0.1, 0.15) is 0 Å². The molecule has 2 nitrogen and oxygen atoms in total. The molecule has 0 saturated heterocycles. The molecule has 0 atom stereocenters. The van der Waals surface area contributed by atoms with Gasteiger partial charge in [0.15, 0.2) is 0 Å². The van der Waals surface area contributed by atoms with Gasteiger partial charge in [0.2, 0.25) is 0 Å². The number of aromatic nitrogens is 2. The van der Waals surface area contributed by atoms with Crippen LogP contribution < -0.4 is 0 Å². The van der Waals surface area contributed by atoms with Crippen molar-refractivity contribution in [3.63, 3.8) is 0 Å². The number of benzene rings is 3. The van der Waals surface area contributed by atoms with Crippen LogP contribution in [0, 0.1) is 12.1 Å². The summed E-state index contributed by atoms with van der Waals surface area (Å²) in [4.78, 5) is 9.98. The third-order valence-electron chi connectivity index (χ3n) is 4.99. The van der Waals surface area contributed by atoms with Crippen LogP contribution in [0.2, 0.25) is 0 Å². The number of pyridine rings is 2. The number of fused-ring (bicyclic) bond motifs is 2. The second kappa shape index (κ2) is 12.1. The monoisotopic (exact) mass is 800 g/mol. The van der Waals surface area contributed by atoms with Gasteiger partial charge in [-0.3, -0.25) is 0 Å². The maximum atomic E-state index is 4.45. The first-order valence-electron chi connectivity index (χ1n) is 10.0. The van der Waals surface area contributed by atoms with Gasteiger partial charge in [-0.15, -0.1) is 41.3 Å². The van der Waals surface area contributed by atoms with Crippen LogP contribution in [0.15, 0.2) is 109 Å². The van der Waals surface area contributed by atoms with Gasteiger partial charge in [-0.1, -0.05) is 53.4 Å². The smallest absolute Gasteiger partial charge is 0.0167 e. The number of thiophene rings is 1. The quantitative estimate of drug-likeness (QED) is 0.170. The number of hydrogen-bond acceptors (Lipinski definition) is 3. The van der Waals surface area contributed by atoms with Crippen LogP contribution in [0.4, 0.5) is 0 Å². The number of nitrogens with zero attached hydrogens (tertiary/aromatic N) is 2. The SMILES string of the molecule is [Ir].[Ir].[c-]1ccccc1-c1nccc2ccccc12.[c-]1ccsc1-c1nccc2ccccc12. The van der Waals surface area contributed by atoms with Gasteiger partial charge in [-0.25, -0.2) is 11.3 Å². The molecule has 6 rings (SSSR count). The van der Waals surface area contributed by atoms with E-state index in [2.05, 4.69) is 46.4 Å². The Balaban J connectivity index is 0.000000175. The Hall–Kier alpha value is -2.52. The van der Waals surface area contributed by atoms with Crippen molar-refractivity contribution >= 4 is 32.9 Å². The van der Waals surface area contributed by atoms with E-state index in [4.69, 9.17) is 0 Å². The molecule has 0 saturated carbocycles. The third kappa shape index (κ3) is 5.70. The molecule has 3 heterocycles. The van der Waals surface area contributed by atoms with Gasteiger partial charge in [0.05, 0.1) is 0 Å². The van der Waals surface area contributed by atoms with Crippen molar-refractivity contribution in [2.75, 3.05) is 0 Å². The van der Waals surface area contributed by atoms with Crippen molar-refractivity contribution in [1.82, 2.24) is 9.97 Å². The molecule has 0 bridgehead atoms. The molecule has 0 amide bonds. The molecule has 0 aliphatic heterocycles. The zero-order chi connectivity index (χ0) is 20.9. The minimum atomic E-state index is 0. The molecular formula is C28H18Ir2N2S-2. The maximum Gasteiger partial charge on any atom is 0.0167 e. The summed E-state index contributed by atoms with van der Waals surface area (Å²) < 4.78 is 0. The van der Waals surface area contributed by atoms with Gasteiger partial charge in [0.25, 0.3) is 0 Å². The Bertz CT molecular complexity index is 1420. The Morgan fingerprint density at radius 3 is 1.79 bits per heavy atom. The molecular weight excluding hydrogens is 781 g/mol. The topological polar surface area (TPSA) is 25.8 Å². The molecule has 0 N–H and O–H groups in total. The first kappa shape index (κ1) is 25.1. The average Bonchev–Trinajstić information content (AvgIpc) is 3.39. The van der Waals surface area contributed by atoms with Crippen LogP contribution in [0.25, 0.3) is 43.4 Å². The summed E-state index contributed by atoms with van der Waals surface area (Å²) in [7, 11) is 0. The molecule has 2 radical (unpaired) electrons. The van der Waals surface area contributed by atoms with Crippen molar-refractivity contribution in [3.05, 3.63) is 121 Å². The molecule has 0 aliphatic rings. The predicted molar refractivity (Wildman–Crippen MR) is 130 cm³/mol. The van der Waals surface area contributed by atoms with E-state index in [1.807, 2.05) is 84.5 Å². The number of hydrogen-bond donors (Lipinski definition) is 0. The van der Waals surface area contributed by atoms with Crippen LogP contribution >= 0.6 is 11.3 Å². The fourth-order valence-corrected chi connectivity index (χ4v) is 4.23. The first-order chi connectivity index (χ1) is 15.4. The van der Waals surface area contributed by atoms with Crippen molar-refractivity contribution < 1.29 is 40.2 Å². The van der Waals surface area contributed by atoms with Crippen molar-refractivity contribution in [1.29, 1.82) is 0 Å². The molecule has 166 valence electrons. The van der Waals surface area contributed by atoms with Crippen LogP contribution in [0.5, 0.6) is 0 Å². The Morgan fingerprint density at radius 2 is 1.18 bits per heavy atom. The van der Waals surface area contributed by atoms with Gasteiger partial charge >= 0.3 is 0 Å². The van der Waals surface area contributed by atoms with Gasteiger partial charge in [-0.2, -0.15) is 12.1 Å². The molecule has 5 heteroatoms. The van der Waals surface area contributed by atoms with Crippen molar-refractivity contribution in [3.8, 4) is 21.8 Å². The molecule has 3 aromatic heterocycles. The second-order valence-electron chi connectivity index (χ2n) is 6.93. The van der Waals surface area contributed by atoms with Crippen LogP contribution in [-0.2, 0) is 40.2 Å². The fraction of sp³-hybridized carbons (Fsp3) is 0. The molecule has 3 aromatic carbocycles. The summed E-state index contributed by atoms with van der Waals surface area (Å²) in [5.74, 6) is 0. The molecule has 0 spiro atoms. The van der Waals surface area contributed by atoms with E-state index in [-0.39, 0.29) is 40.2 Å². The minimum Gasteiger partial charge on any atom is -0.318 e. The van der Waals surface area contributed by atoms with Crippen LogP contribution in [-0.4, -0.2) is 9.97 Å². The third-order valence-corrected chi connectivity index (χ3v) is 5.81. The van der Waals surface area contributed by atoms with Gasteiger partial charge in [-0.05, 0) is 45.1 Å². The molecule has 0 fully saturated rings. The van der Waals surface area contributed by atoms with E-state index in [1.54, 1.807) is 11.3 Å². The summed E-state index contributed by atoms with van der Waals surface area (Å²) in [5, 5.41) is 6.83. The largest absolute Gasteiger partial charge is 0.318 e. The normalized spacial score (nSPS) is 9.94. The fourth-order valence-electron chi connectivity index (χ4n) is 3.55. The van der Waals surface area contributed by atoms with Crippen molar-refractivity contribution in [2.24, 2.45) is 0 Å². The zero-order valence-corrected chi connectivity index (χ0v) is 23.0. The molecule has 33 heavy (non-hydrogen) atoms. The van der Waals surface area contributed by atoms with E-state index in [9.17, 15) is 0 Å². The van der Waals surface area contributed by atoms with Crippen LogP contribution in [0.1, 0.15) is 0 Å². The summed E-state index contributed by atoms with van der Waals surface area (Å²) in [6, 6.07) is 36.9. The second-order valence-corrected chi connectivity index (χ2v) is 7.85. The van der Waals surface area contributed by atoms with E-state index < -0.39 is 0 Å². The van der Waals surface area contributed by atoms with E-state index in [1.165, 1.54) is 21.5 Å².